The minimum Gasteiger partial charge on any atom is -0.493 e. The molecule has 0 aromatic heterocycles. The molecule has 120 valence electrons. The maximum atomic E-state index is 12.1. The Balaban J connectivity index is 1.50. The highest BCUT2D eigenvalue weighted by Gasteiger charge is 2.39. The van der Waals surface area contributed by atoms with Crippen LogP contribution in [0.2, 0.25) is 0 Å². The molecule has 2 aliphatic rings. The lowest BCUT2D eigenvalue weighted by molar-refractivity contribution is -0.119. The minimum atomic E-state index is 0.136. The molecule has 3 atom stereocenters. The summed E-state index contributed by atoms with van der Waals surface area (Å²) in [5, 5.41) is 3.22. The lowest BCUT2D eigenvalue weighted by Crippen LogP contribution is -2.39. The Bertz CT molecular complexity index is 549. The highest BCUT2D eigenvalue weighted by molar-refractivity contribution is 8.00. The molecule has 2 saturated carbocycles. The van der Waals surface area contributed by atoms with Crippen LogP contribution in [0.3, 0.4) is 0 Å². The second-order valence-corrected chi connectivity index (χ2v) is 7.20. The number of hydrogen-bond donors (Lipinski definition) is 1. The summed E-state index contributed by atoms with van der Waals surface area (Å²) >= 11 is 1.53. The summed E-state index contributed by atoms with van der Waals surface area (Å²) < 4.78 is 10.5. The van der Waals surface area contributed by atoms with E-state index in [0.717, 1.165) is 16.7 Å². The van der Waals surface area contributed by atoms with E-state index < -0.39 is 0 Å². The molecule has 1 amide bonds. The van der Waals surface area contributed by atoms with Crippen LogP contribution in [-0.2, 0) is 4.79 Å². The average molecular weight is 321 g/mol. The van der Waals surface area contributed by atoms with Crippen LogP contribution in [0.5, 0.6) is 11.5 Å². The fraction of sp³-hybridized carbons (Fsp3) is 0.588. The molecular formula is C17H23NO3S. The van der Waals surface area contributed by atoms with Crippen molar-refractivity contribution in [1.29, 1.82) is 0 Å². The van der Waals surface area contributed by atoms with Gasteiger partial charge in [0.05, 0.1) is 20.0 Å². The molecule has 0 heterocycles. The molecule has 2 bridgehead atoms. The molecule has 0 radical (unpaired) electrons. The number of rotatable bonds is 6. The summed E-state index contributed by atoms with van der Waals surface area (Å²) in [6.45, 7) is 0. The Hall–Kier alpha value is -1.36. The van der Waals surface area contributed by atoms with Gasteiger partial charge in [-0.25, -0.2) is 0 Å². The number of carbonyl (C=O) groups is 1. The molecule has 22 heavy (non-hydrogen) atoms. The first-order valence-electron chi connectivity index (χ1n) is 7.83. The van der Waals surface area contributed by atoms with Crippen molar-refractivity contribution < 1.29 is 14.3 Å². The summed E-state index contributed by atoms with van der Waals surface area (Å²) in [6, 6.07) is 6.15. The minimum absolute atomic E-state index is 0.136. The molecule has 4 nitrogen and oxygen atoms in total. The Morgan fingerprint density at radius 2 is 2.05 bits per heavy atom. The number of methoxy groups -OCH3 is 2. The molecule has 2 aliphatic carbocycles. The van der Waals surface area contributed by atoms with Gasteiger partial charge in [0.25, 0.3) is 0 Å². The van der Waals surface area contributed by atoms with Gasteiger partial charge in [-0.1, -0.05) is 6.42 Å². The van der Waals surface area contributed by atoms with Gasteiger partial charge < -0.3 is 14.8 Å². The smallest absolute Gasteiger partial charge is 0.230 e. The molecule has 1 aromatic carbocycles. The van der Waals surface area contributed by atoms with Crippen molar-refractivity contribution in [3.05, 3.63) is 18.2 Å². The number of fused-ring (bicyclic) bond motifs is 2. The van der Waals surface area contributed by atoms with Crippen molar-refractivity contribution in [1.82, 2.24) is 5.32 Å². The third kappa shape index (κ3) is 3.35. The third-order valence-corrected chi connectivity index (χ3v) is 5.80. The highest BCUT2D eigenvalue weighted by atomic mass is 32.2. The molecule has 0 unspecified atom stereocenters. The van der Waals surface area contributed by atoms with Gasteiger partial charge in [0.2, 0.25) is 5.91 Å². The molecule has 0 aliphatic heterocycles. The van der Waals surface area contributed by atoms with E-state index in [-0.39, 0.29) is 5.91 Å². The summed E-state index contributed by atoms with van der Waals surface area (Å²) in [6.07, 6.45) is 5.14. The molecule has 1 aromatic rings. The summed E-state index contributed by atoms with van der Waals surface area (Å²) in [4.78, 5) is 13.2. The lowest BCUT2D eigenvalue weighted by atomic mass is 9.95. The fourth-order valence-electron chi connectivity index (χ4n) is 3.73. The first kappa shape index (κ1) is 15.5. The van der Waals surface area contributed by atoms with Crippen molar-refractivity contribution in [2.75, 3.05) is 20.0 Å². The number of amides is 1. The van der Waals surface area contributed by atoms with Crippen LogP contribution in [0.1, 0.15) is 25.7 Å². The Labute approximate surface area is 135 Å². The van der Waals surface area contributed by atoms with E-state index in [9.17, 15) is 4.79 Å². The third-order valence-electron chi connectivity index (χ3n) is 4.81. The van der Waals surface area contributed by atoms with Crippen LogP contribution in [0.4, 0.5) is 0 Å². The van der Waals surface area contributed by atoms with Gasteiger partial charge in [0.1, 0.15) is 0 Å². The topological polar surface area (TPSA) is 47.6 Å². The lowest BCUT2D eigenvalue weighted by Gasteiger charge is -2.22. The van der Waals surface area contributed by atoms with Gasteiger partial charge in [-0.3, -0.25) is 4.79 Å². The predicted molar refractivity (Wildman–Crippen MR) is 87.6 cm³/mol. The molecular weight excluding hydrogens is 298 g/mol. The maximum absolute atomic E-state index is 12.1. The standard InChI is InChI=1S/C17H23NO3S/c1-20-15-6-5-13(9-16(15)21-2)22-10-17(19)18-14-8-11-3-4-12(14)7-11/h5-6,9,11-12,14H,3-4,7-8,10H2,1-2H3,(H,18,19)/t11-,12-,14-/m1/s1. The van der Waals surface area contributed by atoms with Gasteiger partial charge in [-0.15, -0.1) is 11.8 Å². The van der Waals surface area contributed by atoms with Crippen molar-refractivity contribution in [2.24, 2.45) is 11.8 Å². The SMILES string of the molecule is COc1ccc(SCC(=O)N[C@@H]2C[C@@H]3CC[C@@H]2C3)cc1OC. The number of hydrogen-bond acceptors (Lipinski definition) is 4. The quantitative estimate of drug-likeness (QED) is 0.818. The van der Waals surface area contributed by atoms with Crippen molar-refractivity contribution >= 4 is 17.7 Å². The van der Waals surface area contributed by atoms with Crippen LogP contribution in [-0.4, -0.2) is 31.9 Å². The fourth-order valence-corrected chi connectivity index (χ4v) is 4.46. The van der Waals surface area contributed by atoms with Crippen LogP contribution in [0.25, 0.3) is 0 Å². The van der Waals surface area contributed by atoms with Crippen molar-refractivity contribution in [3.8, 4) is 11.5 Å². The number of thioether (sulfide) groups is 1. The van der Waals surface area contributed by atoms with E-state index >= 15 is 0 Å². The van der Waals surface area contributed by atoms with Crippen molar-refractivity contribution in [2.45, 2.75) is 36.6 Å². The predicted octanol–water partition coefficient (Wildman–Crippen LogP) is 3.10. The number of carbonyl (C=O) groups excluding carboxylic acids is 1. The van der Waals surface area contributed by atoms with E-state index in [0.29, 0.717) is 23.3 Å². The molecule has 3 rings (SSSR count). The first-order chi connectivity index (χ1) is 10.7. The highest BCUT2D eigenvalue weighted by Crippen LogP contribution is 2.44. The summed E-state index contributed by atoms with van der Waals surface area (Å²) in [7, 11) is 3.24. The van der Waals surface area contributed by atoms with Gasteiger partial charge in [-0.2, -0.15) is 0 Å². The zero-order valence-corrected chi connectivity index (χ0v) is 13.9. The van der Waals surface area contributed by atoms with E-state index in [1.165, 1.54) is 37.4 Å². The number of ether oxygens (including phenoxy) is 2. The van der Waals surface area contributed by atoms with Crippen molar-refractivity contribution in [3.63, 3.8) is 0 Å². The number of nitrogens with one attached hydrogen (secondary N) is 1. The molecule has 5 heteroatoms. The monoisotopic (exact) mass is 321 g/mol. The first-order valence-corrected chi connectivity index (χ1v) is 8.82. The van der Waals surface area contributed by atoms with Gasteiger partial charge in [0.15, 0.2) is 11.5 Å². The van der Waals surface area contributed by atoms with E-state index in [1.54, 1.807) is 14.2 Å². The van der Waals surface area contributed by atoms with Gasteiger partial charge in [0, 0.05) is 10.9 Å². The van der Waals surface area contributed by atoms with Crippen LogP contribution < -0.4 is 14.8 Å². The molecule has 1 N–H and O–H groups in total. The zero-order valence-electron chi connectivity index (χ0n) is 13.1. The second kappa shape index (κ2) is 6.82. The van der Waals surface area contributed by atoms with E-state index in [1.807, 2.05) is 18.2 Å². The van der Waals surface area contributed by atoms with Crippen LogP contribution >= 0.6 is 11.8 Å². The van der Waals surface area contributed by atoms with Crippen LogP contribution in [0, 0.1) is 11.8 Å². The normalized spacial score (nSPS) is 26.0. The van der Waals surface area contributed by atoms with Crippen LogP contribution in [0.15, 0.2) is 23.1 Å². The van der Waals surface area contributed by atoms with Gasteiger partial charge >= 0.3 is 0 Å². The van der Waals surface area contributed by atoms with E-state index in [2.05, 4.69) is 5.32 Å². The summed E-state index contributed by atoms with van der Waals surface area (Å²) in [5.41, 5.74) is 0. The zero-order chi connectivity index (χ0) is 15.5. The second-order valence-electron chi connectivity index (χ2n) is 6.15. The number of benzene rings is 1. The Morgan fingerprint density at radius 3 is 2.68 bits per heavy atom. The summed E-state index contributed by atoms with van der Waals surface area (Å²) in [5.74, 6) is 3.56. The Kier molecular flexibility index (Phi) is 4.81. The maximum Gasteiger partial charge on any atom is 0.230 e. The Morgan fingerprint density at radius 1 is 1.23 bits per heavy atom. The van der Waals surface area contributed by atoms with Gasteiger partial charge in [-0.05, 0) is 49.3 Å². The van der Waals surface area contributed by atoms with E-state index in [4.69, 9.17) is 9.47 Å². The molecule has 0 spiro atoms. The molecule has 2 fully saturated rings. The molecule has 0 saturated heterocycles. The average Bonchev–Trinajstić information content (AvgIpc) is 3.15. The largest absolute Gasteiger partial charge is 0.493 e.